The monoisotopic (exact) mass is 504 g/mol. The fourth-order valence-corrected chi connectivity index (χ4v) is 5.27. The minimum Gasteiger partial charge on any atom is -0.394 e. The van der Waals surface area contributed by atoms with Crippen LogP contribution in [0.4, 0.5) is 0 Å². The lowest BCUT2D eigenvalue weighted by molar-refractivity contribution is -0.318. The van der Waals surface area contributed by atoms with Crippen molar-refractivity contribution in [2.45, 2.75) is 108 Å². The van der Waals surface area contributed by atoms with Crippen LogP contribution in [0.3, 0.4) is 0 Å². The van der Waals surface area contributed by atoms with Crippen LogP contribution in [-0.2, 0) is 23.7 Å². The molecule has 35 heavy (non-hydrogen) atoms. The van der Waals surface area contributed by atoms with Gasteiger partial charge in [-0.05, 0) is 44.1 Å². The summed E-state index contributed by atoms with van der Waals surface area (Å²) in [4.78, 5) is 11.9. The number of carbonyl (C=O) groups is 1. The molecule has 2 heterocycles. The van der Waals surface area contributed by atoms with Crippen LogP contribution in [0.25, 0.3) is 0 Å². The maximum atomic E-state index is 11.9. The van der Waals surface area contributed by atoms with Crippen LogP contribution >= 0.6 is 0 Å². The van der Waals surface area contributed by atoms with Crippen molar-refractivity contribution in [3.8, 4) is 0 Å². The Balaban J connectivity index is 1.55. The Bertz CT molecular complexity index is 756. The fraction of sp³-hybridized carbons (Fsp3) is 0.875. The molecule has 0 spiro atoms. The Hall–Kier alpha value is -0.990. The average molecular weight is 505 g/mol. The summed E-state index contributed by atoms with van der Waals surface area (Å²) in [5.74, 6) is 0.331. The molecule has 2 fully saturated rings. The lowest BCUT2D eigenvalue weighted by atomic mass is 9.66. The van der Waals surface area contributed by atoms with E-state index >= 15 is 0 Å². The van der Waals surface area contributed by atoms with Crippen LogP contribution in [0.15, 0.2) is 11.6 Å². The van der Waals surface area contributed by atoms with E-state index in [1.165, 1.54) is 0 Å². The highest BCUT2D eigenvalue weighted by atomic mass is 16.7. The highest BCUT2D eigenvalue weighted by Crippen LogP contribution is 2.42. The third-order valence-corrected chi connectivity index (χ3v) is 7.33. The van der Waals surface area contributed by atoms with Gasteiger partial charge in [0.25, 0.3) is 0 Å². The molecule has 0 radical (unpaired) electrons. The molecule has 0 amide bonds. The highest BCUT2D eigenvalue weighted by Gasteiger charge is 2.47. The lowest BCUT2D eigenvalue weighted by Gasteiger charge is -2.42. The largest absolute Gasteiger partial charge is 0.394 e. The maximum Gasteiger partial charge on any atom is 0.186 e. The molecule has 11 atom stereocenters. The van der Waals surface area contributed by atoms with Gasteiger partial charge < -0.3 is 49.6 Å². The van der Waals surface area contributed by atoms with Gasteiger partial charge in [-0.1, -0.05) is 19.4 Å². The summed E-state index contributed by atoms with van der Waals surface area (Å²) in [6.07, 6.45) is -8.73. The molecule has 3 rings (SSSR count). The second-order valence-electron chi connectivity index (χ2n) is 10.7. The van der Waals surface area contributed by atoms with Crippen molar-refractivity contribution in [2.24, 2.45) is 11.3 Å². The topological polar surface area (TPSA) is 175 Å². The van der Waals surface area contributed by atoms with Gasteiger partial charge in [0.05, 0.1) is 19.3 Å². The third-order valence-electron chi connectivity index (χ3n) is 7.33. The van der Waals surface area contributed by atoms with Gasteiger partial charge >= 0.3 is 0 Å². The van der Waals surface area contributed by atoms with E-state index in [0.717, 1.165) is 12.0 Å². The first-order chi connectivity index (χ1) is 16.4. The molecule has 0 unspecified atom stereocenters. The number of carbonyl (C=O) groups excluding carboxylic acids is 1. The molecule has 0 aromatic heterocycles. The highest BCUT2D eigenvalue weighted by molar-refractivity contribution is 5.91. The maximum absolute atomic E-state index is 11.9. The van der Waals surface area contributed by atoms with Crippen LogP contribution in [0, 0.1) is 11.3 Å². The van der Waals surface area contributed by atoms with Crippen molar-refractivity contribution in [2.75, 3.05) is 13.2 Å². The molecular formula is C24H40O11. The summed E-state index contributed by atoms with van der Waals surface area (Å²) in [6, 6.07) is 0. The smallest absolute Gasteiger partial charge is 0.186 e. The van der Waals surface area contributed by atoms with Crippen LogP contribution in [-0.4, -0.2) is 111 Å². The normalized spacial score (nSPS) is 42.7. The first kappa shape index (κ1) is 28.6. The Morgan fingerprint density at radius 2 is 1.60 bits per heavy atom. The van der Waals surface area contributed by atoms with Gasteiger partial charge in [0, 0.05) is 6.42 Å². The molecule has 11 nitrogen and oxygen atoms in total. The predicted octanol–water partition coefficient (Wildman–Crippen LogP) is -1.00. The SMILES string of the molecule is CC1=CC(=O)CC(C)(C)[C@H]1CC[C@H](C)O[C@@H]1O[C@H](CO[C@@H]2O[C@@H](CO)[C@H](O)[C@H]2O)[C@@H](O)[C@H](O)[C@H]1O. The van der Waals surface area contributed by atoms with E-state index in [-0.39, 0.29) is 29.8 Å². The van der Waals surface area contributed by atoms with Gasteiger partial charge in [-0.15, -0.1) is 0 Å². The van der Waals surface area contributed by atoms with Crippen LogP contribution in [0.1, 0.15) is 47.0 Å². The lowest BCUT2D eigenvalue weighted by Crippen LogP contribution is -2.60. The summed E-state index contributed by atoms with van der Waals surface area (Å²) in [5, 5.41) is 60.1. The van der Waals surface area contributed by atoms with Gasteiger partial charge in [-0.2, -0.15) is 0 Å². The Morgan fingerprint density at radius 1 is 1.00 bits per heavy atom. The van der Waals surface area contributed by atoms with E-state index in [1.54, 1.807) is 6.08 Å². The van der Waals surface area contributed by atoms with E-state index < -0.39 is 61.9 Å². The number of hydrogen-bond donors (Lipinski definition) is 6. The second kappa shape index (κ2) is 11.6. The van der Waals surface area contributed by atoms with Gasteiger partial charge in [0.15, 0.2) is 18.4 Å². The van der Waals surface area contributed by atoms with E-state index in [2.05, 4.69) is 13.8 Å². The number of ketones is 1. The summed E-state index contributed by atoms with van der Waals surface area (Å²) in [7, 11) is 0. The number of rotatable bonds is 9. The van der Waals surface area contributed by atoms with Crippen molar-refractivity contribution in [1.29, 1.82) is 0 Å². The Morgan fingerprint density at radius 3 is 2.20 bits per heavy atom. The molecule has 2 aliphatic heterocycles. The predicted molar refractivity (Wildman–Crippen MR) is 121 cm³/mol. The van der Waals surface area contributed by atoms with Crippen molar-refractivity contribution < 1.29 is 54.4 Å². The van der Waals surface area contributed by atoms with Gasteiger partial charge in [-0.3, -0.25) is 4.79 Å². The zero-order chi connectivity index (χ0) is 26.1. The van der Waals surface area contributed by atoms with Crippen LogP contribution in [0.5, 0.6) is 0 Å². The second-order valence-corrected chi connectivity index (χ2v) is 10.7. The molecule has 0 saturated carbocycles. The molecule has 6 N–H and O–H groups in total. The van der Waals surface area contributed by atoms with E-state index in [4.69, 9.17) is 18.9 Å². The van der Waals surface area contributed by atoms with E-state index in [0.29, 0.717) is 12.8 Å². The molecule has 1 aliphatic carbocycles. The summed E-state index contributed by atoms with van der Waals surface area (Å²) < 4.78 is 22.2. The molecule has 11 heteroatoms. The molecule has 202 valence electrons. The van der Waals surface area contributed by atoms with Crippen molar-refractivity contribution in [3.63, 3.8) is 0 Å². The van der Waals surface area contributed by atoms with E-state index in [9.17, 15) is 35.4 Å². The molecule has 0 bridgehead atoms. The number of ether oxygens (including phenoxy) is 4. The zero-order valence-electron chi connectivity index (χ0n) is 20.7. The number of aliphatic hydroxyl groups excluding tert-OH is 6. The number of aliphatic hydroxyl groups is 6. The molecule has 0 aromatic rings. The number of hydrogen-bond acceptors (Lipinski definition) is 11. The van der Waals surface area contributed by atoms with Crippen molar-refractivity contribution in [1.82, 2.24) is 0 Å². The fourth-order valence-electron chi connectivity index (χ4n) is 5.27. The minimum absolute atomic E-state index is 0.129. The summed E-state index contributed by atoms with van der Waals surface area (Å²) in [6.45, 7) is 7.07. The van der Waals surface area contributed by atoms with Gasteiger partial charge in [0.2, 0.25) is 0 Å². The molecular weight excluding hydrogens is 464 g/mol. The Kier molecular flexibility index (Phi) is 9.47. The van der Waals surface area contributed by atoms with Crippen LogP contribution in [0.2, 0.25) is 0 Å². The first-order valence-corrected chi connectivity index (χ1v) is 12.2. The molecule has 2 saturated heterocycles. The average Bonchev–Trinajstić information content (AvgIpc) is 3.05. The molecule has 3 aliphatic rings. The summed E-state index contributed by atoms with van der Waals surface area (Å²) in [5.41, 5.74) is 0.863. The van der Waals surface area contributed by atoms with Crippen molar-refractivity contribution >= 4 is 5.78 Å². The first-order valence-electron chi connectivity index (χ1n) is 12.2. The zero-order valence-corrected chi connectivity index (χ0v) is 20.7. The van der Waals surface area contributed by atoms with Crippen molar-refractivity contribution in [3.05, 3.63) is 11.6 Å². The van der Waals surface area contributed by atoms with Crippen LogP contribution < -0.4 is 0 Å². The van der Waals surface area contributed by atoms with Gasteiger partial charge in [-0.25, -0.2) is 0 Å². The summed E-state index contributed by atoms with van der Waals surface area (Å²) >= 11 is 0. The number of allylic oxidation sites excluding steroid dienone is 2. The minimum atomic E-state index is -1.56. The standard InChI is InChI=1S/C24H40O11/c1-11-7-13(26)8-24(3,4)14(11)6-5-12(2)33-23-21(31)19(29)18(28)16(35-23)10-32-22-20(30)17(27)15(9-25)34-22/h7,12,14-23,25,27-31H,5-6,8-10H2,1-4H3/t12-,14-,15-,16+,17-,18+,19-,20+,21+,22+,23+/m0/s1. The molecule has 0 aromatic carbocycles. The Labute approximate surface area is 205 Å². The quantitative estimate of drug-likeness (QED) is 0.227. The van der Waals surface area contributed by atoms with E-state index in [1.807, 2.05) is 13.8 Å². The van der Waals surface area contributed by atoms with Gasteiger partial charge in [0.1, 0.15) is 42.7 Å². The third kappa shape index (κ3) is 6.48.